The maximum Gasteiger partial charge on any atom is 0.196 e. The molecule has 20 aromatic rings. The van der Waals surface area contributed by atoms with E-state index in [0.717, 1.165) is 110 Å². The molecular formula is C72H48N4O4S4. The fourth-order valence-corrected chi connectivity index (χ4v) is 19.2. The molecule has 0 spiro atoms. The van der Waals surface area contributed by atoms with E-state index in [0.29, 0.717) is 0 Å². The Balaban J connectivity index is 0.000000129. The Morgan fingerprint density at radius 1 is 0.274 bits per heavy atom. The number of aryl methyl sites for hydroxylation is 8. The van der Waals surface area contributed by atoms with E-state index < -0.39 is 0 Å². The Labute approximate surface area is 493 Å². The van der Waals surface area contributed by atoms with Gasteiger partial charge in [-0.25, -0.2) is 0 Å². The summed E-state index contributed by atoms with van der Waals surface area (Å²) < 4.78 is 46.5. The minimum Gasteiger partial charge on any atom is -0.453 e. The third kappa shape index (κ3) is 6.19. The van der Waals surface area contributed by atoms with E-state index in [1.807, 2.05) is 34.0 Å². The zero-order chi connectivity index (χ0) is 56.0. The lowest BCUT2D eigenvalue weighted by Crippen LogP contribution is -1.94. The molecule has 0 bridgehead atoms. The summed E-state index contributed by atoms with van der Waals surface area (Å²) in [7, 11) is 4.37. The summed E-state index contributed by atoms with van der Waals surface area (Å²) in [4.78, 5) is 0. The summed E-state index contributed by atoms with van der Waals surface area (Å²) in [5.74, 6) is 0. The Morgan fingerprint density at radius 3 is 1.31 bits per heavy atom. The van der Waals surface area contributed by atoms with Gasteiger partial charge in [0.15, 0.2) is 22.3 Å². The Morgan fingerprint density at radius 2 is 0.690 bits per heavy atom. The molecule has 0 unspecified atom stereocenters. The van der Waals surface area contributed by atoms with Crippen molar-refractivity contribution < 1.29 is 17.7 Å². The van der Waals surface area contributed by atoms with Crippen LogP contribution in [0, 0.1) is 41.5 Å². The van der Waals surface area contributed by atoms with E-state index in [1.54, 1.807) is 11.3 Å². The second kappa shape index (κ2) is 16.4. The highest BCUT2D eigenvalue weighted by atomic mass is 32.1. The number of benzene rings is 8. The number of nitrogens with zero attached hydrogens (tertiary/aromatic N) is 4. The molecule has 0 saturated heterocycles. The van der Waals surface area contributed by atoms with Crippen LogP contribution in [0.4, 0.5) is 0 Å². The van der Waals surface area contributed by atoms with Gasteiger partial charge in [-0.15, -0.1) is 45.3 Å². The molecule has 0 fully saturated rings. The van der Waals surface area contributed by atoms with Crippen LogP contribution in [-0.2, 0) is 14.1 Å². The van der Waals surface area contributed by atoms with E-state index in [2.05, 4.69) is 219 Å². The minimum atomic E-state index is 0.771. The predicted octanol–water partition coefficient (Wildman–Crippen LogP) is 22.6. The summed E-state index contributed by atoms with van der Waals surface area (Å²) in [5, 5.41) is 9.62. The third-order valence-electron chi connectivity index (χ3n) is 17.8. The van der Waals surface area contributed by atoms with E-state index in [9.17, 15) is 0 Å². The van der Waals surface area contributed by atoms with Crippen LogP contribution in [-0.4, -0.2) is 18.3 Å². The van der Waals surface area contributed by atoms with Gasteiger partial charge in [0.1, 0.15) is 44.4 Å². The van der Waals surface area contributed by atoms with Crippen molar-refractivity contribution in [1.29, 1.82) is 0 Å². The predicted molar refractivity (Wildman–Crippen MR) is 359 cm³/mol. The van der Waals surface area contributed by atoms with Crippen molar-refractivity contribution in [2.24, 2.45) is 14.1 Å². The highest BCUT2D eigenvalue weighted by Gasteiger charge is 2.29. The van der Waals surface area contributed by atoms with Gasteiger partial charge < -0.3 is 35.9 Å². The summed E-state index contributed by atoms with van der Waals surface area (Å²) in [6.07, 6.45) is 0. The molecule has 404 valence electrons. The maximum atomic E-state index is 6.84. The summed E-state index contributed by atoms with van der Waals surface area (Å²) in [6, 6.07) is 53.1. The average molecular weight is 1160 g/mol. The minimum absolute atomic E-state index is 0.771. The van der Waals surface area contributed by atoms with Gasteiger partial charge in [-0.05, 0) is 149 Å². The second-order valence-electron chi connectivity index (χ2n) is 23.4. The van der Waals surface area contributed by atoms with E-state index in [4.69, 9.17) is 17.7 Å². The normalized spacial score (nSPS) is 12.8. The first-order valence-corrected chi connectivity index (χ1v) is 31.6. The van der Waals surface area contributed by atoms with Crippen LogP contribution in [0.1, 0.15) is 33.4 Å². The zero-order valence-electron chi connectivity index (χ0n) is 46.9. The number of furan rings is 4. The lowest BCUT2D eigenvalue weighted by Gasteiger charge is -2.08. The quantitative estimate of drug-likeness (QED) is 0.173. The Bertz CT molecular complexity index is 5930. The topological polar surface area (TPSA) is 72.3 Å². The molecule has 84 heavy (non-hydrogen) atoms. The molecule has 0 radical (unpaired) electrons. The maximum absolute atomic E-state index is 6.84. The third-order valence-corrected chi connectivity index (χ3v) is 22.7. The van der Waals surface area contributed by atoms with Crippen molar-refractivity contribution in [3.63, 3.8) is 0 Å². The Hall–Kier alpha value is -9.04. The van der Waals surface area contributed by atoms with Crippen molar-refractivity contribution in [2.75, 3.05) is 0 Å². The van der Waals surface area contributed by atoms with E-state index >= 15 is 0 Å². The van der Waals surface area contributed by atoms with Crippen molar-refractivity contribution in [1.82, 2.24) is 18.3 Å². The van der Waals surface area contributed by atoms with Crippen LogP contribution in [0.15, 0.2) is 163 Å². The molecule has 0 N–H and O–H groups in total. The highest BCUT2D eigenvalue weighted by molar-refractivity contribution is 7.37. The average Bonchev–Trinajstić information content (AvgIpc) is 1.59. The van der Waals surface area contributed by atoms with E-state index in [-0.39, 0.29) is 0 Å². The fraction of sp³-hybridized carbons (Fsp3) is 0.111. The van der Waals surface area contributed by atoms with E-state index in [1.165, 1.54) is 104 Å². The zero-order valence-corrected chi connectivity index (χ0v) is 50.2. The molecular weight excluding hydrogens is 1110 g/mol. The van der Waals surface area contributed by atoms with Crippen LogP contribution in [0.3, 0.4) is 0 Å². The smallest absolute Gasteiger partial charge is 0.196 e. The molecule has 0 atom stereocenters. The molecule has 0 aliphatic carbocycles. The number of aromatic nitrogens is 4. The number of hydrogen-bond donors (Lipinski definition) is 0. The van der Waals surface area contributed by atoms with Crippen LogP contribution in [0.2, 0.25) is 0 Å². The monoisotopic (exact) mass is 1160 g/mol. The second-order valence-corrected chi connectivity index (χ2v) is 27.5. The number of hydrogen-bond acceptors (Lipinski definition) is 8. The van der Waals surface area contributed by atoms with Gasteiger partial charge in [0.05, 0.1) is 44.7 Å². The number of fused-ring (bicyclic) bond motifs is 28. The highest BCUT2D eigenvalue weighted by Crippen LogP contribution is 2.53. The van der Waals surface area contributed by atoms with Crippen molar-refractivity contribution in [3.8, 4) is 11.4 Å². The van der Waals surface area contributed by atoms with Gasteiger partial charge in [0.25, 0.3) is 0 Å². The van der Waals surface area contributed by atoms with Crippen molar-refractivity contribution in [2.45, 2.75) is 41.5 Å². The molecule has 12 heterocycles. The van der Waals surface area contributed by atoms with Crippen LogP contribution in [0.5, 0.6) is 0 Å². The van der Waals surface area contributed by atoms with Gasteiger partial charge in [-0.2, -0.15) is 0 Å². The van der Waals surface area contributed by atoms with Gasteiger partial charge >= 0.3 is 0 Å². The van der Waals surface area contributed by atoms with Gasteiger partial charge in [-0.3, -0.25) is 0 Å². The van der Waals surface area contributed by atoms with Crippen molar-refractivity contribution >= 4 is 215 Å². The molecule has 8 nitrogen and oxygen atoms in total. The molecule has 20 rings (SSSR count). The first kappa shape index (κ1) is 47.4. The van der Waals surface area contributed by atoms with Crippen molar-refractivity contribution in [3.05, 3.63) is 179 Å². The lowest BCUT2D eigenvalue weighted by molar-refractivity contribution is 0.634. The molecule has 12 heteroatoms. The number of rotatable bonds is 2. The van der Waals surface area contributed by atoms with Crippen LogP contribution >= 0.6 is 45.3 Å². The molecule has 12 aromatic heterocycles. The molecule has 0 aliphatic heterocycles. The van der Waals surface area contributed by atoms with Gasteiger partial charge in [0, 0.05) is 83.5 Å². The summed E-state index contributed by atoms with van der Waals surface area (Å²) >= 11 is 7.50. The molecule has 0 aliphatic rings. The largest absolute Gasteiger partial charge is 0.453 e. The number of thiophene rings is 4. The van der Waals surface area contributed by atoms with Crippen LogP contribution < -0.4 is 0 Å². The summed E-state index contributed by atoms with van der Waals surface area (Å²) in [6.45, 7) is 12.8. The first-order valence-electron chi connectivity index (χ1n) is 28.3. The Kier molecular flexibility index (Phi) is 9.26. The standard InChI is InChI=1S/C42H28N2O3S.C30H20N2OS3/c1-21-5-11-25(12-6-21)43-35-27-15-9-23(3)17-31(27)45-39(35)40-37(43)29-20-34-30(19-33(29)46-40)38-42(48-34)41-36(28-16-10-24(4)18-32(28)47-41)44(38)26-13-7-22(2)8-14-26;1-13-5-7-15-19(9-13)31(3)23-25-28(35-26(15)23)17-12-22-18(11-21(17)33-25)29-30(34-22)24-27(36-29)16-8-6-14(2)10-20(16)32(24)4/h5-20H,1-4H3;5-12H,1-4H3. The first-order chi connectivity index (χ1) is 40.9. The fourth-order valence-electron chi connectivity index (χ4n) is 13.8. The molecule has 0 saturated carbocycles. The summed E-state index contributed by atoms with van der Waals surface area (Å²) in [5.41, 5.74) is 26.1. The molecule has 8 aromatic carbocycles. The SMILES string of the molecule is Cc1ccc(-n2c3c4ccc(C)cc4oc3c3oc4cc5c(cc4c32)sc2c3oc4cc(C)ccc4c3n(-c3ccc(C)cc3)c52)cc1.Cc1ccc2c3sc4c5cc6sc7c(sc8c9ccc(C)cc9n(C)c87)c6cc5oc4c3n(C)c2c1. The van der Waals surface area contributed by atoms with Crippen LogP contribution in [0.25, 0.3) is 181 Å². The molecule has 0 amide bonds. The van der Waals surface area contributed by atoms with Gasteiger partial charge in [-0.1, -0.05) is 71.8 Å². The lowest BCUT2D eigenvalue weighted by atomic mass is 10.1. The van der Waals surface area contributed by atoms with Gasteiger partial charge in [0.2, 0.25) is 0 Å².